The zero-order valence-electron chi connectivity index (χ0n) is 10.2. The average molecular weight is 251 g/mol. The quantitative estimate of drug-likeness (QED) is 0.833. The highest BCUT2D eigenvalue weighted by Crippen LogP contribution is 2.19. The first kappa shape index (κ1) is 12.1. The van der Waals surface area contributed by atoms with E-state index in [0.29, 0.717) is 0 Å². The number of aryl methyl sites for hydroxylation is 1. The highest BCUT2D eigenvalue weighted by Gasteiger charge is 2.13. The maximum absolute atomic E-state index is 11.7. The number of piperidine rings is 1. The van der Waals surface area contributed by atoms with Gasteiger partial charge in [0, 0.05) is 20.0 Å². The van der Waals surface area contributed by atoms with Crippen LogP contribution in [0.1, 0.15) is 24.8 Å². The number of aliphatic imine (C=N–C) groups is 1. The molecule has 0 aliphatic carbocycles. The Morgan fingerprint density at radius 2 is 2.35 bits per heavy atom. The molecular weight excluding hydrogens is 234 g/mol. The van der Waals surface area contributed by atoms with Crippen LogP contribution in [0.2, 0.25) is 0 Å². The van der Waals surface area contributed by atoms with E-state index in [4.69, 9.17) is 0 Å². The lowest BCUT2D eigenvalue weighted by Gasteiger charge is -2.25. The average Bonchev–Trinajstić information content (AvgIpc) is 2.67. The predicted molar refractivity (Wildman–Crippen MR) is 72.0 cm³/mol. The van der Waals surface area contributed by atoms with Gasteiger partial charge in [0.2, 0.25) is 0 Å². The standard InChI is InChI=1S/C12H17N3OS/c1-9-7-11(17-8-9)14-12(16)13-10-5-3-4-6-15(10)2/h7-8H,3-6H2,1-2H3,(H,14,16). The van der Waals surface area contributed by atoms with Gasteiger partial charge in [-0.2, -0.15) is 4.99 Å². The van der Waals surface area contributed by atoms with E-state index >= 15 is 0 Å². The van der Waals surface area contributed by atoms with Gasteiger partial charge in [0.15, 0.2) is 0 Å². The Labute approximate surface area is 105 Å². The summed E-state index contributed by atoms with van der Waals surface area (Å²) in [6, 6.07) is 1.68. The van der Waals surface area contributed by atoms with Crippen molar-refractivity contribution in [3.05, 3.63) is 17.0 Å². The Hall–Kier alpha value is -1.36. The Kier molecular flexibility index (Phi) is 3.78. The van der Waals surface area contributed by atoms with Crippen molar-refractivity contribution in [1.82, 2.24) is 4.90 Å². The second-order valence-corrected chi connectivity index (χ2v) is 5.24. The first-order valence-electron chi connectivity index (χ1n) is 5.80. The van der Waals surface area contributed by atoms with Crippen molar-refractivity contribution in [2.24, 2.45) is 4.99 Å². The lowest BCUT2D eigenvalue weighted by atomic mass is 10.1. The fourth-order valence-corrected chi connectivity index (χ4v) is 2.62. The predicted octanol–water partition coefficient (Wildman–Crippen LogP) is 3.10. The molecule has 0 aromatic carbocycles. The van der Waals surface area contributed by atoms with Crippen molar-refractivity contribution in [2.45, 2.75) is 26.2 Å². The molecule has 17 heavy (non-hydrogen) atoms. The van der Waals surface area contributed by atoms with Crippen molar-refractivity contribution in [3.8, 4) is 0 Å². The molecule has 1 aliphatic rings. The van der Waals surface area contributed by atoms with Crippen LogP contribution in [0.3, 0.4) is 0 Å². The van der Waals surface area contributed by atoms with Crippen LogP contribution in [0.5, 0.6) is 0 Å². The Bertz CT molecular complexity index is 439. The number of nitrogens with zero attached hydrogens (tertiary/aromatic N) is 2. The molecule has 0 spiro atoms. The third-order valence-electron chi connectivity index (χ3n) is 2.78. The SMILES string of the molecule is Cc1csc(NC(=O)N=C2CCCCN2C)c1. The summed E-state index contributed by atoms with van der Waals surface area (Å²) < 4.78 is 0. The Morgan fingerprint density at radius 1 is 1.53 bits per heavy atom. The summed E-state index contributed by atoms with van der Waals surface area (Å²) in [4.78, 5) is 17.9. The van der Waals surface area contributed by atoms with Crippen molar-refractivity contribution >= 4 is 28.2 Å². The van der Waals surface area contributed by atoms with Crippen LogP contribution in [0.4, 0.5) is 9.80 Å². The number of likely N-dealkylation sites (tertiary alicyclic amines) is 1. The number of amides is 2. The van der Waals surface area contributed by atoms with Crippen molar-refractivity contribution in [1.29, 1.82) is 0 Å². The number of nitrogens with one attached hydrogen (secondary N) is 1. The van der Waals surface area contributed by atoms with E-state index in [2.05, 4.69) is 15.2 Å². The van der Waals surface area contributed by atoms with Gasteiger partial charge in [-0.15, -0.1) is 11.3 Å². The number of carbonyl (C=O) groups excluding carboxylic acids is 1. The molecular formula is C12H17N3OS. The smallest absolute Gasteiger partial charge is 0.347 e. The number of thiophene rings is 1. The minimum Gasteiger partial charge on any atom is -0.363 e. The van der Waals surface area contributed by atoms with E-state index in [0.717, 1.165) is 35.8 Å². The number of carbonyl (C=O) groups is 1. The molecule has 2 heterocycles. The molecule has 1 aliphatic heterocycles. The first-order chi connectivity index (χ1) is 8.15. The number of urea groups is 1. The van der Waals surface area contributed by atoms with Crippen LogP contribution < -0.4 is 5.32 Å². The number of anilines is 1. The normalized spacial score (nSPS) is 18.5. The molecule has 0 saturated carbocycles. The summed E-state index contributed by atoms with van der Waals surface area (Å²) >= 11 is 1.53. The Balaban J connectivity index is 1.98. The highest BCUT2D eigenvalue weighted by atomic mass is 32.1. The molecule has 92 valence electrons. The molecule has 0 bridgehead atoms. The van der Waals surface area contributed by atoms with E-state index in [1.54, 1.807) is 0 Å². The lowest BCUT2D eigenvalue weighted by Crippen LogP contribution is -2.32. The van der Waals surface area contributed by atoms with Crippen LogP contribution in [0.15, 0.2) is 16.4 Å². The second kappa shape index (κ2) is 5.31. The van der Waals surface area contributed by atoms with E-state index < -0.39 is 0 Å². The summed E-state index contributed by atoms with van der Waals surface area (Å²) in [5, 5.41) is 5.66. The van der Waals surface area contributed by atoms with E-state index in [9.17, 15) is 4.79 Å². The third kappa shape index (κ3) is 3.30. The van der Waals surface area contributed by atoms with Gasteiger partial charge in [-0.25, -0.2) is 4.79 Å². The molecule has 2 rings (SSSR count). The summed E-state index contributed by atoms with van der Waals surface area (Å²) in [5.41, 5.74) is 1.16. The van der Waals surface area contributed by atoms with Crippen LogP contribution in [0, 0.1) is 6.92 Å². The van der Waals surface area contributed by atoms with Crippen LogP contribution in [0.25, 0.3) is 0 Å². The van der Waals surface area contributed by atoms with E-state index in [-0.39, 0.29) is 6.03 Å². The minimum absolute atomic E-state index is 0.268. The van der Waals surface area contributed by atoms with Crippen LogP contribution in [-0.4, -0.2) is 30.4 Å². The first-order valence-corrected chi connectivity index (χ1v) is 6.68. The zero-order valence-corrected chi connectivity index (χ0v) is 11.0. The van der Waals surface area contributed by atoms with Gasteiger partial charge in [0.1, 0.15) is 5.84 Å². The molecule has 0 unspecified atom stereocenters. The summed E-state index contributed by atoms with van der Waals surface area (Å²) in [7, 11) is 1.99. The van der Waals surface area contributed by atoms with Gasteiger partial charge in [-0.3, -0.25) is 5.32 Å². The maximum atomic E-state index is 11.7. The minimum atomic E-state index is -0.268. The van der Waals surface area contributed by atoms with Gasteiger partial charge >= 0.3 is 6.03 Å². The second-order valence-electron chi connectivity index (χ2n) is 4.33. The molecule has 1 aromatic rings. The summed E-state index contributed by atoms with van der Waals surface area (Å²) in [5.74, 6) is 0.891. The number of hydrogen-bond acceptors (Lipinski definition) is 2. The molecule has 0 atom stereocenters. The Morgan fingerprint density at radius 3 is 3.00 bits per heavy atom. The molecule has 2 amide bonds. The molecule has 4 nitrogen and oxygen atoms in total. The summed E-state index contributed by atoms with van der Waals surface area (Å²) in [6.07, 6.45) is 3.20. The van der Waals surface area contributed by atoms with Gasteiger partial charge in [0.05, 0.1) is 5.00 Å². The summed E-state index contributed by atoms with van der Waals surface area (Å²) in [6.45, 7) is 3.00. The van der Waals surface area contributed by atoms with Gasteiger partial charge in [-0.05, 0) is 36.8 Å². The van der Waals surface area contributed by atoms with E-state index in [1.807, 2.05) is 25.4 Å². The highest BCUT2D eigenvalue weighted by molar-refractivity contribution is 7.14. The zero-order chi connectivity index (χ0) is 12.3. The van der Waals surface area contributed by atoms with Gasteiger partial charge in [-0.1, -0.05) is 0 Å². The molecule has 1 aromatic heterocycles. The monoisotopic (exact) mass is 251 g/mol. The largest absolute Gasteiger partial charge is 0.363 e. The maximum Gasteiger partial charge on any atom is 0.347 e. The fourth-order valence-electron chi connectivity index (χ4n) is 1.84. The fraction of sp³-hybridized carbons (Fsp3) is 0.500. The molecule has 1 saturated heterocycles. The van der Waals surface area contributed by atoms with Crippen molar-refractivity contribution in [3.63, 3.8) is 0 Å². The van der Waals surface area contributed by atoms with Gasteiger partial charge in [0.25, 0.3) is 0 Å². The molecule has 1 fully saturated rings. The van der Waals surface area contributed by atoms with Crippen LogP contribution in [-0.2, 0) is 0 Å². The lowest BCUT2D eigenvalue weighted by molar-refractivity contribution is 0.259. The molecule has 0 radical (unpaired) electrons. The molecule has 1 N–H and O–H groups in total. The van der Waals surface area contributed by atoms with E-state index in [1.165, 1.54) is 17.8 Å². The molecule has 5 heteroatoms. The van der Waals surface area contributed by atoms with Gasteiger partial charge < -0.3 is 4.90 Å². The third-order valence-corrected chi connectivity index (χ3v) is 3.74. The number of hydrogen-bond donors (Lipinski definition) is 1. The van der Waals surface area contributed by atoms with Crippen LogP contribution >= 0.6 is 11.3 Å². The van der Waals surface area contributed by atoms with Crippen molar-refractivity contribution < 1.29 is 4.79 Å². The topological polar surface area (TPSA) is 44.7 Å². The number of amidine groups is 1. The van der Waals surface area contributed by atoms with Crippen molar-refractivity contribution in [2.75, 3.05) is 18.9 Å². The number of rotatable bonds is 1.